The number of carbonyl (C=O) groups is 1. The Kier molecular flexibility index (Phi) is 23.5. The van der Waals surface area contributed by atoms with Crippen molar-refractivity contribution in [3.63, 3.8) is 0 Å². The summed E-state index contributed by atoms with van der Waals surface area (Å²) in [5, 5.41) is 8.52. The van der Waals surface area contributed by atoms with Gasteiger partial charge in [0, 0.05) is 0 Å². The molecule has 0 spiro atoms. The van der Waals surface area contributed by atoms with Crippen LogP contribution in [0.15, 0.2) is 0 Å². The lowest BCUT2D eigenvalue weighted by Crippen LogP contribution is -2.15. The van der Waals surface area contributed by atoms with Gasteiger partial charge in [0.25, 0.3) is 0 Å². The second kappa shape index (κ2) is 24.2. The number of rotatable bonds is 23. The molecule has 0 atom stereocenters. The molecule has 0 unspecified atom stereocenters. The number of carbonyl (C=O) groups excluding carboxylic acids is 1. The SMILES string of the molecule is COC(=O)CCOCCOCCOCCOCCOCCOCCOCCO. The highest BCUT2D eigenvalue weighted by Crippen LogP contribution is 1.88. The van der Waals surface area contributed by atoms with E-state index in [4.69, 9.17) is 38.3 Å². The van der Waals surface area contributed by atoms with E-state index in [2.05, 4.69) is 4.74 Å². The summed E-state index contributed by atoms with van der Waals surface area (Å²) >= 11 is 0. The molecule has 0 fully saturated rings. The first kappa shape index (κ1) is 27.1. The predicted molar refractivity (Wildman–Crippen MR) is 99.5 cm³/mol. The van der Waals surface area contributed by atoms with Crippen molar-refractivity contribution >= 4 is 5.97 Å². The summed E-state index contributed by atoms with van der Waals surface area (Å²) in [5.74, 6) is -0.283. The van der Waals surface area contributed by atoms with E-state index in [0.29, 0.717) is 92.5 Å². The molecule has 0 radical (unpaired) electrons. The molecule has 0 aromatic rings. The lowest BCUT2D eigenvalue weighted by Gasteiger charge is -2.08. The Bertz CT molecular complexity index is 317. The fourth-order valence-electron chi connectivity index (χ4n) is 1.74. The van der Waals surface area contributed by atoms with Crippen molar-refractivity contribution in [2.75, 3.05) is 106 Å². The number of aliphatic hydroxyl groups excluding tert-OH is 1. The van der Waals surface area contributed by atoms with E-state index < -0.39 is 0 Å². The Morgan fingerprint density at radius 1 is 0.536 bits per heavy atom. The number of aliphatic hydroxyl groups is 1. The third kappa shape index (κ3) is 23.2. The molecule has 1 N–H and O–H groups in total. The zero-order valence-corrected chi connectivity index (χ0v) is 16.9. The molecule has 0 aliphatic rings. The van der Waals surface area contributed by atoms with Crippen molar-refractivity contribution in [3.05, 3.63) is 0 Å². The van der Waals surface area contributed by atoms with Crippen molar-refractivity contribution in [2.24, 2.45) is 0 Å². The van der Waals surface area contributed by atoms with Crippen LogP contribution in [-0.2, 0) is 42.7 Å². The monoisotopic (exact) mass is 412 g/mol. The van der Waals surface area contributed by atoms with Gasteiger partial charge in [-0.2, -0.15) is 0 Å². The Morgan fingerprint density at radius 3 is 1.11 bits per heavy atom. The quantitative estimate of drug-likeness (QED) is 0.177. The van der Waals surface area contributed by atoms with Gasteiger partial charge >= 0.3 is 5.97 Å². The van der Waals surface area contributed by atoms with Gasteiger partial charge in [-0.25, -0.2) is 0 Å². The van der Waals surface area contributed by atoms with E-state index in [1.165, 1.54) is 7.11 Å². The van der Waals surface area contributed by atoms with Crippen LogP contribution in [0.2, 0.25) is 0 Å². The second-order valence-corrected chi connectivity index (χ2v) is 5.34. The van der Waals surface area contributed by atoms with Crippen LogP contribution in [0.5, 0.6) is 0 Å². The average Bonchev–Trinajstić information content (AvgIpc) is 2.71. The first-order chi connectivity index (χ1) is 13.8. The lowest BCUT2D eigenvalue weighted by molar-refractivity contribution is -0.141. The summed E-state index contributed by atoms with van der Waals surface area (Å²) in [6.07, 6.45) is 0.250. The molecule has 0 aliphatic carbocycles. The first-order valence-electron chi connectivity index (χ1n) is 9.53. The first-order valence-corrected chi connectivity index (χ1v) is 9.53. The number of esters is 1. The highest BCUT2D eigenvalue weighted by molar-refractivity contribution is 5.69. The number of hydrogen-bond donors (Lipinski definition) is 1. The van der Waals surface area contributed by atoms with Gasteiger partial charge in [-0.05, 0) is 0 Å². The Balaban J connectivity index is 3.00. The van der Waals surface area contributed by atoms with E-state index in [9.17, 15) is 4.79 Å². The van der Waals surface area contributed by atoms with Crippen LogP contribution in [0.25, 0.3) is 0 Å². The van der Waals surface area contributed by atoms with Crippen molar-refractivity contribution in [1.82, 2.24) is 0 Å². The molecule has 0 heterocycles. The molecule has 0 bridgehead atoms. The van der Waals surface area contributed by atoms with Crippen LogP contribution in [0.1, 0.15) is 6.42 Å². The van der Waals surface area contributed by atoms with E-state index >= 15 is 0 Å². The molecule has 0 rings (SSSR count). The molecular formula is C18H36O10. The Hall–Kier alpha value is -0.850. The maximum Gasteiger partial charge on any atom is 0.307 e. The second-order valence-electron chi connectivity index (χ2n) is 5.34. The molecule has 28 heavy (non-hydrogen) atoms. The standard InChI is InChI=1S/C18H36O10/c1-21-18(20)2-4-22-6-8-24-10-12-26-14-16-28-17-15-27-13-11-25-9-7-23-5-3-19/h19H,2-17H2,1H3. The molecule has 10 heteroatoms. The van der Waals surface area contributed by atoms with Gasteiger partial charge in [-0.15, -0.1) is 0 Å². The van der Waals surface area contributed by atoms with Gasteiger partial charge in [0.15, 0.2) is 0 Å². The summed E-state index contributed by atoms with van der Waals surface area (Å²) in [7, 11) is 1.35. The van der Waals surface area contributed by atoms with E-state index in [0.717, 1.165) is 0 Å². The van der Waals surface area contributed by atoms with Crippen LogP contribution in [0.3, 0.4) is 0 Å². The third-order valence-electron chi connectivity index (χ3n) is 3.15. The molecule has 0 aliphatic heterocycles. The van der Waals surface area contributed by atoms with Gasteiger partial charge in [0.2, 0.25) is 0 Å². The molecular weight excluding hydrogens is 376 g/mol. The molecule has 168 valence electrons. The number of hydrogen-bond acceptors (Lipinski definition) is 10. The highest BCUT2D eigenvalue weighted by Gasteiger charge is 1.99. The van der Waals surface area contributed by atoms with Crippen LogP contribution < -0.4 is 0 Å². The summed E-state index contributed by atoms with van der Waals surface area (Å²) in [6.45, 7) is 6.52. The van der Waals surface area contributed by atoms with E-state index in [-0.39, 0.29) is 19.0 Å². The zero-order valence-electron chi connectivity index (χ0n) is 16.9. The van der Waals surface area contributed by atoms with Gasteiger partial charge in [0.05, 0.1) is 113 Å². The van der Waals surface area contributed by atoms with Crippen molar-refractivity contribution in [3.8, 4) is 0 Å². The predicted octanol–water partition coefficient (Wildman–Crippen LogP) is -0.342. The summed E-state index contributed by atoms with van der Waals surface area (Å²) < 4.78 is 41.5. The summed E-state index contributed by atoms with van der Waals surface area (Å²) in [6, 6.07) is 0. The fraction of sp³-hybridized carbons (Fsp3) is 0.944. The number of methoxy groups -OCH3 is 1. The van der Waals surface area contributed by atoms with Gasteiger partial charge < -0.3 is 43.0 Å². The average molecular weight is 412 g/mol. The molecule has 10 nitrogen and oxygen atoms in total. The highest BCUT2D eigenvalue weighted by atomic mass is 16.6. The van der Waals surface area contributed by atoms with Gasteiger partial charge in [-0.1, -0.05) is 0 Å². The lowest BCUT2D eigenvalue weighted by atomic mass is 10.5. The Labute approximate surface area is 167 Å². The maximum atomic E-state index is 10.8. The van der Waals surface area contributed by atoms with Crippen molar-refractivity contribution in [1.29, 1.82) is 0 Å². The van der Waals surface area contributed by atoms with Crippen LogP contribution in [0.4, 0.5) is 0 Å². The van der Waals surface area contributed by atoms with Gasteiger partial charge in [0.1, 0.15) is 0 Å². The van der Waals surface area contributed by atoms with Crippen LogP contribution in [-0.4, -0.2) is 117 Å². The maximum absolute atomic E-state index is 10.8. The molecule has 0 aromatic heterocycles. The topological polar surface area (TPSA) is 111 Å². The number of ether oxygens (including phenoxy) is 8. The molecule has 0 amide bonds. The normalized spacial score (nSPS) is 11.1. The Morgan fingerprint density at radius 2 is 0.821 bits per heavy atom. The minimum atomic E-state index is -0.283. The minimum Gasteiger partial charge on any atom is -0.469 e. The van der Waals surface area contributed by atoms with E-state index in [1.807, 2.05) is 0 Å². The van der Waals surface area contributed by atoms with Crippen molar-refractivity contribution in [2.45, 2.75) is 6.42 Å². The minimum absolute atomic E-state index is 0.0260. The fourth-order valence-corrected chi connectivity index (χ4v) is 1.74. The third-order valence-corrected chi connectivity index (χ3v) is 3.15. The van der Waals surface area contributed by atoms with Gasteiger partial charge in [-0.3, -0.25) is 4.79 Å². The molecule has 0 saturated heterocycles. The smallest absolute Gasteiger partial charge is 0.307 e. The van der Waals surface area contributed by atoms with E-state index in [1.54, 1.807) is 0 Å². The molecule has 0 aromatic carbocycles. The molecule has 0 saturated carbocycles. The zero-order chi connectivity index (χ0) is 20.5. The van der Waals surface area contributed by atoms with Crippen LogP contribution >= 0.6 is 0 Å². The van der Waals surface area contributed by atoms with Crippen LogP contribution in [0, 0.1) is 0 Å². The summed E-state index contributed by atoms with van der Waals surface area (Å²) in [5.41, 5.74) is 0. The van der Waals surface area contributed by atoms with Crippen molar-refractivity contribution < 1.29 is 47.8 Å². The summed E-state index contributed by atoms with van der Waals surface area (Å²) in [4.78, 5) is 10.8. The largest absolute Gasteiger partial charge is 0.469 e.